The molecule has 8 heteroatoms. The van der Waals surface area contributed by atoms with Crippen molar-refractivity contribution in [3.05, 3.63) is 54.5 Å². The summed E-state index contributed by atoms with van der Waals surface area (Å²) < 4.78 is 0. The number of benzene rings is 1. The summed E-state index contributed by atoms with van der Waals surface area (Å²) in [6.07, 6.45) is 6.59. The molecule has 4 rings (SSSR count). The molecule has 2 aromatic heterocycles. The van der Waals surface area contributed by atoms with Crippen LogP contribution in [0.25, 0.3) is 17.3 Å². The van der Waals surface area contributed by atoms with Gasteiger partial charge >= 0.3 is 0 Å². The van der Waals surface area contributed by atoms with E-state index >= 15 is 0 Å². The van der Waals surface area contributed by atoms with Crippen molar-refractivity contribution < 1.29 is 5.11 Å². The van der Waals surface area contributed by atoms with Gasteiger partial charge in [0.2, 0.25) is 0 Å². The SMILES string of the molecule is CC=Cc1nccc(N2CCN(c3cc(-c4ccccc4O)nnc3N)CC[C@H]2C)n1. The third kappa shape index (κ3) is 4.42. The van der Waals surface area contributed by atoms with Crippen molar-refractivity contribution in [3.63, 3.8) is 0 Å². The van der Waals surface area contributed by atoms with Crippen LogP contribution < -0.4 is 15.5 Å². The fourth-order valence-corrected chi connectivity index (χ4v) is 3.86. The molecule has 0 aliphatic carbocycles. The zero-order chi connectivity index (χ0) is 21.8. The Kier molecular flexibility index (Phi) is 5.97. The van der Waals surface area contributed by atoms with E-state index in [1.807, 2.05) is 43.3 Å². The second kappa shape index (κ2) is 8.99. The Bertz CT molecular complexity index is 1090. The molecule has 1 fully saturated rings. The first-order valence-corrected chi connectivity index (χ1v) is 10.5. The van der Waals surface area contributed by atoms with Gasteiger partial charge in [0.05, 0.1) is 11.4 Å². The van der Waals surface area contributed by atoms with E-state index in [9.17, 15) is 5.11 Å². The first-order chi connectivity index (χ1) is 15.1. The first-order valence-electron chi connectivity index (χ1n) is 10.5. The van der Waals surface area contributed by atoms with Gasteiger partial charge in [0, 0.05) is 37.4 Å². The summed E-state index contributed by atoms with van der Waals surface area (Å²) in [6.45, 7) is 6.56. The molecule has 0 unspecified atom stereocenters. The fraction of sp³-hybridized carbons (Fsp3) is 0.304. The number of phenolic OH excluding ortho intramolecular Hbond substituents is 1. The molecule has 0 radical (unpaired) electrons. The maximum absolute atomic E-state index is 10.2. The van der Waals surface area contributed by atoms with Crippen molar-refractivity contribution in [2.24, 2.45) is 0 Å². The van der Waals surface area contributed by atoms with E-state index < -0.39 is 0 Å². The van der Waals surface area contributed by atoms with Gasteiger partial charge in [-0.05, 0) is 50.6 Å². The zero-order valence-electron chi connectivity index (χ0n) is 17.8. The predicted octanol–water partition coefficient (Wildman–Crippen LogP) is 3.36. The molecule has 3 heterocycles. The Morgan fingerprint density at radius 3 is 2.77 bits per heavy atom. The molecule has 1 aromatic carbocycles. The summed E-state index contributed by atoms with van der Waals surface area (Å²) in [6, 6.07) is 11.3. The molecular formula is C23H27N7O. The third-order valence-corrected chi connectivity index (χ3v) is 5.55. The molecule has 1 atom stereocenters. The van der Waals surface area contributed by atoms with Crippen LogP contribution in [0.3, 0.4) is 0 Å². The number of rotatable bonds is 4. The maximum atomic E-state index is 10.2. The first kappa shape index (κ1) is 20.6. The largest absolute Gasteiger partial charge is 0.507 e. The quantitative estimate of drug-likeness (QED) is 0.666. The summed E-state index contributed by atoms with van der Waals surface area (Å²) in [5.41, 5.74) is 8.27. The second-order valence-corrected chi connectivity index (χ2v) is 7.61. The number of aromatic hydroxyl groups is 1. The van der Waals surface area contributed by atoms with Crippen molar-refractivity contribution in [1.82, 2.24) is 20.2 Å². The van der Waals surface area contributed by atoms with Crippen LogP contribution in [-0.4, -0.2) is 50.9 Å². The number of para-hydroxylation sites is 1. The Morgan fingerprint density at radius 1 is 1.13 bits per heavy atom. The van der Waals surface area contributed by atoms with Gasteiger partial charge in [-0.2, -0.15) is 0 Å². The van der Waals surface area contributed by atoms with E-state index in [1.165, 1.54) is 0 Å². The van der Waals surface area contributed by atoms with Crippen LogP contribution in [0.1, 0.15) is 26.1 Å². The van der Waals surface area contributed by atoms with Gasteiger partial charge in [-0.1, -0.05) is 18.2 Å². The van der Waals surface area contributed by atoms with E-state index in [0.717, 1.165) is 37.6 Å². The number of hydrogen-bond acceptors (Lipinski definition) is 8. The van der Waals surface area contributed by atoms with Gasteiger partial charge in [-0.15, -0.1) is 10.2 Å². The normalized spacial score (nSPS) is 17.2. The lowest BCUT2D eigenvalue weighted by molar-refractivity contribution is 0.477. The highest BCUT2D eigenvalue weighted by atomic mass is 16.3. The molecule has 160 valence electrons. The Balaban J connectivity index is 1.59. The molecular weight excluding hydrogens is 390 g/mol. The Hall–Kier alpha value is -3.68. The summed E-state index contributed by atoms with van der Waals surface area (Å²) in [4.78, 5) is 13.5. The lowest BCUT2D eigenvalue weighted by Crippen LogP contribution is -2.35. The van der Waals surface area contributed by atoms with Crippen molar-refractivity contribution in [2.75, 3.05) is 35.2 Å². The average Bonchev–Trinajstić information content (AvgIpc) is 2.97. The molecule has 1 aliphatic heterocycles. The van der Waals surface area contributed by atoms with Crippen LogP contribution in [0.2, 0.25) is 0 Å². The van der Waals surface area contributed by atoms with Crippen LogP contribution in [0.15, 0.2) is 48.7 Å². The molecule has 0 amide bonds. The van der Waals surface area contributed by atoms with Crippen LogP contribution in [0.5, 0.6) is 5.75 Å². The number of hydrogen-bond donors (Lipinski definition) is 2. The van der Waals surface area contributed by atoms with Gasteiger partial charge in [-0.3, -0.25) is 0 Å². The van der Waals surface area contributed by atoms with E-state index in [-0.39, 0.29) is 5.75 Å². The minimum absolute atomic E-state index is 0.170. The minimum atomic E-state index is 0.170. The van der Waals surface area contributed by atoms with Crippen LogP contribution in [0.4, 0.5) is 17.3 Å². The van der Waals surface area contributed by atoms with Crippen molar-refractivity contribution >= 4 is 23.4 Å². The molecule has 1 saturated heterocycles. The fourth-order valence-electron chi connectivity index (χ4n) is 3.86. The molecule has 3 aromatic rings. The monoisotopic (exact) mass is 417 g/mol. The second-order valence-electron chi connectivity index (χ2n) is 7.61. The van der Waals surface area contributed by atoms with Crippen LogP contribution >= 0.6 is 0 Å². The zero-order valence-corrected chi connectivity index (χ0v) is 17.8. The molecule has 0 spiro atoms. The molecule has 0 saturated carbocycles. The number of nitrogens with zero attached hydrogens (tertiary/aromatic N) is 6. The highest BCUT2D eigenvalue weighted by molar-refractivity contribution is 5.74. The van der Waals surface area contributed by atoms with Gasteiger partial charge in [0.1, 0.15) is 11.6 Å². The molecule has 8 nitrogen and oxygen atoms in total. The van der Waals surface area contributed by atoms with Gasteiger partial charge in [0.25, 0.3) is 0 Å². The maximum Gasteiger partial charge on any atom is 0.169 e. The standard InChI is InChI=1S/C23H27N7O/c1-3-6-21-25-11-9-22(26-21)30-14-13-29(12-10-16(30)2)19-15-18(27-28-23(19)24)17-7-4-5-8-20(17)31/h3-9,11,15-16,31H,10,12-14H2,1-2H3,(H2,24,28)/t16-/m1/s1. The lowest BCUT2D eigenvalue weighted by atomic mass is 10.1. The lowest BCUT2D eigenvalue weighted by Gasteiger charge is -2.28. The molecule has 1 aliphatic rings. The minimum Gasteiger partial charge on any atom is -0.507 e. The van der Waals surface area contributed by atoms with Gasteiger partial charge < -0.3 is 20.6 Å². The number of phenols is 1. The van der Waals surface area contributed by atoms with Crippen LogP contribution in [-0.2, 0) is 0 Å². The van der Waals surface area contributed by atoms with E-state index in [4.69, 9.17) is 10.7 Å². The van der Waals surface area contributed by atoms with Crippen molar-refractivity contribution in [3.8, 4) is 17.0 Å². The van der Waals surface area contributed by atoms with E-state index in [1.54, 1.807) is 18.3 Å². The van der Waals surface area contributed by atoms with Gasteiger partial charge in [-0.25, -0.2) is 9.97 Å². The van der Waals surface area contributed by atoms with E-state index in [2.05, 4.69) is 31.9 Å². The number of aromatic nitrogens is 4. The predicted molar refractivity (Wildman–Crippen MR) is 124 cm³/mol. The Morgan fingerprint density at radius 2 is 1.97 bits per heavy atom. The summed E-state index contributed by atoms with van der Waals surface area (Å²) >= 11 is 0. The smallest absolute Gasteiger partial charge is 0.169 e. The molecule has 0 bridgehead atoms. The average molecular weight is 418 g/mol. The summed E-state index contributed by atoms with van der Waals surface area (Å²) in [5, 5.41) is 18.6. The van der Waals surface area contributed by atoms with E-state index in [0.29, 0.717) is 28.9 Å². The summed E-state index contributed by atoms with van der Waals surface area (Å²) in [5.74, 6) is 2.19. The highest BCUT2D eigenvalue weighted by Crippen LogP contribution is 2.32. The highest BCUT2D eigenvalue weighted by Gasteiger charge is 2.24. The number of allylic oxidation sites excluding steroid dienone is 1. The Labute approximate surface area is 182 Å². The third-order valence-electron chi connectivity index (χ3n) is 5.55. The summed E-state index contributed by atoms with van der Waals surface area (Å²) in [7, 11) is 0. The van der Waals surface area contributed by atoms with Crippen molar-refractivity contribution in [1.29, 1.82) is 0 Å². The number of anilines is 3. The number of nitrogen functional groups attached to an aromatic ring is 1. The molecule has 3 N–H and O–H groups in total. The van der Waals surface area contributed by atoms with Crippen molar-refractivity contribution in [2.45, 2.75) is 26.3 Å². The van der Waals surface area contributed by atoms with Gasteiger partial charge in [0.15, 0.2) is 11.6 Å². The molecule has 31 heavy (non-hydrogen) atoms. The number of nitrogens with two attached hydrogens (primary N) is 1. The topological polar surface area (TPSA) is 104 Å². The van der Waals surface area contributed by atoms with Crippen LogP contribution in [0, 0.1) is 0 Å².